The second-order valence-electron chi connectivity index (χ2n) is 4.61. The molecule has 1 aliphatic heterocycles. The first kappa shape index (κ1) is 15.8. The van der Waals surface area contributed by atoms with E-state index >= 15 is 0 Å². The highest BCUT2D eigenvalue weighted by Crippen LogP contribution is 2.30. The maximum Gasteiger partial charge on any atom is 0.330 e. The molecule has 0 bridgehead atoms. The fraction of sp³-hybridized carbons (Fsp3) is 0.667. The summed E-state index contributed by atoms with van der Waals surface area (Å²) in [5.41, 5.74) is -1.97. The molecule has 2 N–H and O–H groups in total. The van der Waals surface area contributed by atoms with E-state index in [1.807, 2.05) is 4.98 Å². The fourth-order valence-electron chi connectivity index (χ4n) is 2.08. The van der Waals surface area contributed by atoms with Gasteiger partial charge in [0, 0.05) is 6.61 Å². The Balaban J connectivity index is 2.29. The molecule has 0 spiro atoms. The first-order valence-electron chi connectivity index (χ1n) is 6.49. The minimum Gasteiger partial charge on any atom is -0.388 e. The average Bonchev–Trinajstić information content (AvgIpc) is 2.71. The molecule has 0 saturated carbocycles. The van der Waals surface area contributed by atoms with Crippen molar-refractivity contribution in [2.24, 2.45) is 0 Å². The van der Waals surface area contributed by atoms with E-state index in [0.29, 0.717) is 6.61 Å². The van der Waals surface area contributed by atoms with Gasteiger partial charge in [-0.3, -0.25) is 14.3 Å². The van der Waals surface area contributed by atoms with E-state index in [1.165, 1.54) is 0 Å². The number of aliphatic hydroxyl groups is 1. The molecule has 0 aromatic carbocycles. The van der Waals surface area contributed by atoms with Crippen LogP contribution in [-0.2, 0) is 14.2 Å². The summed E-state index contributed by atoms with van der Waals surface area (Å²) in [6.45, 7) is 3.67. The van der Waals surface area contributed by atoms with Crippen LogP contribution < -0.4 is 11.2 Å². The molecule has 2 rings (SSSR count). The first-order valence-corrected chi connectivity index (χ1v) is 6.49. The number of rotatable bonds is 5. The zero-order valence-electron chi connectivity index (χ0n) is 11.6. The number of nitrogens with one attached hydrogen (secondary N) is 1. The topological polar surface area (TPSA) is 103 Å². The van der Waals surface area contributed by atoms with Crippen LogP contribution >= 0.6 is 0 Å². The van der Waals surface area contributed by atoms with E-state index in [4.69, 9.17) is 14.2 Å². The van der Waals surface area contributed by atoms with Gasteiger partial charge in [0.25, 0.3) is 5.56 Å². The molecule has 1 fully saturated rings. The summed E-state index contributed by atoms with van der Waals surface area (Å²) in [4.78, 5) is 24.6. The second-order valence-corrected chi connectivity index (χ2v) is 4.61. The third-order valence-corrected chi connectivity index (χ3v) is 3.20. The molecule has 21 heavy (non-hydrogen) atoms. The number of aromatic amines is 1. The summed E-state index contributed by atoms with van der Waals surface area (Å²) in [5, 5.41) is 10.0. The first-order chi connectivity index (χ1) is 9.95. The van der Waals surface area contributed by atoms with Gasteiger partial charge < -0.3 is 19.3 Å². The van der Waals surface area contributed by atoms with E-state index in [0.717, 1.165) is 10.8 Å². The van der Waals surface area contributed by atoms with Gasteiger partial charge in [0.1, 0.15) is 19.0 Å². The number of hydrogen-bond acceptors (Lipinski definition) is 6. The van der Waals surface area contributed by atoms with Crippen LogP contribution in [0.3, 0.4) is 0 Å². The molecular weight excluding hydrogens is 287 g/mol. The highest BCUT2D eigenvalue weighted by molar-refractivity contribution is 4.94. The van der Waals surface area contributed by atoms with Crippen LogP contribution in [0.2, 0.25) is 0 Å². The Bertz CT molecular complexity index is 600. The lowest BCUT2D eigenvalue weighted by atomic mass is 10.1. The van der Waals surface area contributed by atoms with Gasteiger partial charge in [-0.2, -0.15) is 4.39 Å². The van der Waals surface area contributed by atoms with Gasteiger partial charge in [-0.05, 0) is 13.8 Å². The van der Waals surface area contributed by atoms with Gasteiger partial charge in [-0.15, -0.1) is 0 Å². The Kier molecular flexibility index (Phi) is 4.88. The molecule has 0 aliphatic carbocycles. The lowest BCUT2D eigenvalue weighted by molar-refractivity contribution is -0.138. The predicted molar refractivity (Wildman–Crippen MR) is 68.2 cm³/mol. The average molecular weight is 304 g/mol. The van der Waals surface area contributed by atoms with Crippen molar-refractivity contribution in [1.29, 1.82) is 0 Å². The molecule has 2 heterocycles. The summed E-state index contributed by atoms with van der Waals surface area (Å²) >= 11 is 0. The molecular formula is C12H17FN2O6. The van der Waals surface area contributed by atoms with Gasteiger partial charge in [0.2, 0.25) is 5.82 Å². The summed E-state index contributed by atoms with van der Waals surface area (Å²) in [7, 11) is 0. The second kappa shape index (κ2) is 6.48. The molecule has 118 valence electrons. The van der Waals surface area contributed by atoms with Crippen molar-refractivity contribution >= 4 is 0 Å². The van der Waals surface area contributed by atoms with E-state index in [2.05, 4.69) is 0 Å². The number of halogens is 1. The molecule has 9 heteroatoms. The van der Waals surface area contributed by atoms with Gasteiger partial charge in [-0.25, -0.2) is 4.79 Å². The Labute approximate surface area is 119 Å². The zero-order valence-corrected chi connectivity index (χ0v) is 11.6. The third-order valence-electron chi connectivity index (χ3n) is 3.20. The highest BCUT2D eigenvalue weighted by Gasteiger charge is 2.44. The van der Waals surface area contributed by atoms with Crippen LogP contribution in [0, 0.1) is 5.82 Å². The lowest BCUT2D eigenvalue weighted by Crippen LogP contribution is -2.40. The van der Waals surface area contributed by atoms with Crippen LogP contribution in [-0.4, -0.2) is 46.4 Å². The van der Waals surface area contributed by atoms with Crippen LogP contribution in [0.4, 0.5) is 4.39 Å². The van der Waals surface area contributed by atoms with Crippen LogP contribution in [0.25, 0.3) is 0 Å². The minimum absolute atomic E-state index is 0.106. The van der Waals surface area contributed by atoms with Crippen molar-refractivity contribution in [2.45, 2.75) is 38.4 Å². The molecule has 0 radical (unpaired) electrons. The molecule has 0 amide bonds. The Morgan fingerprint density at radius 3 is 2.90 bits per heavy atom. The standard InChI is InChI=1S/C12H17FN2O6/c1-3-19-5-20-9-8(16)6(2)21-11(9)15-4-7(13)10(17)14-12(15)18/h4,6,8-9,11,16H,3,5H2,1-2H3,(H,14,17,18)/t6-,8+,9-,11-/m1/s1. The zero-order chi connectivity index (χ0) is 15.6. The minimum atomic E-state index is -1.13. The van der Waals surface area contributed by atoms with E-state index in [1.54, 1.807) is 13.8 Å². The Hall–Kier alpha value is -1.55. The van der Waals surface area contributed by atoms with Crippen molar-refractivity contribution < 1.29 is 23.7 Å². The number of hydrogen-bond donors (Lipinski definition) is 2. The number of H-pyrrole nitrogens is 1. The molecule has 1 aromatic heterocycles. The number of aromatic nitrogens is 2. The molecule has 4 atom stereocenters. The maximum atomic E-state index is 13.4. The van der Waals surface area contributed by atoms with Crippen molar-refractivity contribution in [2.75, 3.05) is 13.4 Å². The third kappa shape index (κ3) is 3.21. The van der Waals surface area contributed by atoms with Crippen molar-refractivity contribution in [3.05, 3.63) is 32.9 Å². The van der Waals surface area contributed by atoms with E-state index < -0.39 is 41.6 Å². The fourth-order valence-corrected chi connectivity index (χ4v) is 2.08. The molecule has 1 saturated heterocycles. The molecule has 1 aliphatic rings. The van der Waals surface area contributed by atoms with Crippen LogP contribution in [0.1, 0.15) is 20.1 Å². The quantitative estimate of drug-likeness (QED) is 0.552. The van der Waals surface area contributed by atoms with E-state index in [-0.39, 0.29) is 6.79 Å². The summed E-state index contributed by atoms with van der Waals surface area (Å²) in [6, 6.07) is 0. The van der Waals surface area contributed by atoms with Gasteiger partial charge in [0.15, 0.2) is 6.23 Å². The molecule has 0 unspecified atom stereocenters. The summed E-state index contributed by atoms with van der Waals surface area (Å²) in [5.74, 6) is -1.13. The maximum absolute atomic E-state index is 13.4. The highest BCUT2D eigenvalue weighted by atomic mass is 19.1. The Morgan fingerprint density at radius 2 is 2.24 bits per heavy atom. The van der Waals surface area contributed by atoms with Crippen molar-refractivity contribution in [3.8, 4) is 0 Å². The number of aliphatic hydroxyl groups excluding tert-OH is 1. The number of ether oxygens (including phenoxy) is 3. The van der Waals surface area contributed by atoms with Gasteiger partial charge >= 0.3 is 5.69 Å². The number of nitrogens with zero attached hydrogens (tertiary/aromatic N) is 1. The SMILES string of the molecule is CCOCO[C@@H]1[C@@H](O)[C@@H](C)O[C@H]1n1cc(F)c(=O)[nH]c1=O. The smallest absolute Gasteiger partial charge is 0.330 e. The monoisotopic (exact) mass is 304 g/mol. The van der Waals surface area contributed by atoms with E-state index in [9.17, 15) is 19.1 Å². The lowest BCUT2D eigenvalue weighted by Gasteiger charge is -2.22. The Morgan fingerprint density at radius 1 is 1.52 bits per heavy atom. The molecule has 1 aromatic rings. The normalized spacial score (nSPS) is 29.0. The van der Waals surface area contributed by atoms with Crippen LogP contribution in [0.15, 0.2) is 15.8 Å². The van der Waals surface area contributed by atoms with Gasteiger partial charge in [0.05, 0.1) is 12.3 Å². The summed E-state index contributed by atoms with van der Waals surface area (Å²) < 4.78 is 30.0. The summed E-state index contributed by atoms with van der Waals surface area (Å²) in [6.07, 6.45) is -2.89. The largest absolute Gasteiger partial charge is 0.388 e. The van der Waals surface area contributed by atoms with Crippen molar-refractivity contribution in [3.63, 3.8) is 0 Å². The predicted octanol–water partition coefficient (Wildman–Crippen LogP) is -0.667. The van der Waals surface area contributed by atoms with Crippen molar-refractivity contribution in [1.82, 2.24) is 9.55 Å². The van der Waals surface area contributed by atoms with Crippen LogP contribution in [0.5, 0.6) is 0 Å². The molecule has 8 nitrogen and oxygen atoms in total. The van der Waals surface area contributed by atoms with Gasteiger partial charge in [-0.1, -0.05) is 0 Å².